The van der Waals surface area contributed by atoms with E-state index >= 15 is 0 Å². The van der Waals surface area contributed by atoms with Gasteiger partial charge in [0.25, 0.3) is 5.91 Å². The predicted molar refractivity (Wildman–Crippen MR) is 110 cm³/mol. The van der Waals surface area contributed by atoms with E-state index in [-0.39, 0.29) is 5.91 Å². The van der Waals surface area contributed by atoms with Gasteiger partial charge >= 0.3 is 5.63 Å². The summed E-state index contributed by atoms with van der Waals surface area (Å²) >= 11 is 13.4. The summed E-state index contributed by atoms with van der Waals surface area (Å²) in [5.74, 6) is -0.262. The first-order valence-electron chi connectivity index (χ1n) is 7.77. The van der Waals surface area contributed by atoms with Gasteiger partial charge in [0.2, 0.25) is 0 Å². The number of rotatable bonds is 2. The van der Waals surface area contributed by atoms with E-state index in [1.807, 2.05) is 6.07 Å². The first-order valence-corrected chi connectivity index (χ1v) is 9.34. The van der Waals surface area contributed by atoms with Gasteiger partial charge in [-0.15, -0.1) is 0 Å². The maximum atomic E-state index is 12.3. The SMILES string of the molecule is O=C1NC(=Nc2c(Cl)cccc2Cl)S/C1=C/c1ccc2oc(=O)ccc2c1. The number of thioether (sulfide) groups is 1. The van der Waals surface area contributed by atoms with Crippen LogP contribution in [-0.2, 0) is 4.79 Å². The highest BCUT2D eigenvalue weighted by Crippen LogP contribution is 2.35. The molecule has 1 N–H and O–H groups in total. The van der Waals surface area contributed by atoms with Crippen LogP contribution < -0.4 is 10.9 Å². The van der Waals surface area contributed by atoms with E-state index in [0.29, 0.717) is 31.4 Å². The van der Waals surface area contributed by atoms with Crippen LogP contribution in [0.1, 0.15) is 5.56 Å². The molecule has 0 aliphatic carbocycles. The Morgan fingerprint density at radius 3 is 2.59 bits per heavy atom. The Balaban J connectivity index is 1.65. The molecule has 0 saturated carbocycles. The minimum absolute atomic E-state index is 0.262. The Hall–Kier alpha value is -2.54. The fourth-order valence-electron chi connectivity index (χ4n) is 2.51. The third-order valence-corrected chi connectivity index (χ3v) is 5.26. The van der Waals surface area contributed by atoms with Crippen LogP contribution in [0.15, 0.2) is 67.6 Å². The normalized spacial score (nSPS) is 17.0. The van der Waals surface area contributed by atoms with Gasteiger partial charge in [0.15, 0.2) is 5.17 Å². The molecular weight excluding hydrogens is 407 g/mol. The molecule has 0 unspecified atom stereocenters. The molecule has 0 spiro atoms. The summed E-state index contributed by atoms with van der Waals surface area (Å²) in [5, 5.41) is 4.67. The Morgan fingerprint density at radius 2 is 1.81 bits per heavy atom. The van der Waals surface area contributed by atoms with Crippen molar-refractivity contribution in [1.29, 1.82) is 0 Å². The van der Waals surface area contributed by atoms with Crippen LogP contribution in [0.3, 0.4) is 0 Å². The van der Waals surface area contributed by atoms with Crippen LogP contribution in [0.2, 0.25) is 10.0 Å². The highest BCUT2D eigenvalue weighted by Gasteiger charge is 2.24. The van der Waals surface area contributed by atoms with Gasteiger partial charge in [0.1, 0.15) is 11.3 Å². The van der Waals surface area contributed by atoms with Crippen molar-refractivity contribution in [3.63, 3.8) is 0 Å². The van der Waals surface area contributed by atoms with E-state index in [1.54, 1.807) is 42.5 Å². The molecule has 134 valence electrons. The Kier molecular flexibility index (Phi) is 4.78. The van der Waals surface area contributed by atoms with E-state index in [1.165, 1.54) is 17.8 Å². The highest BCUT2D eigenvalue weighted by atomic mass is 35.5. The minimum Gasteiger partial charge on any atom is -0.423 e. The summed E-state index contributed by atoms with van der Waals surface area (Å²) < 4.78 is 5.11. The summed E-state index contributed by atoms with van der Waals surface area (Å²) in [7, 11) is 0. The molecule has 1 aliphatic rings. The lowest BCUT2D eigenvalue weighted by molar-refractivity contribution is -0.115. The molecule has 0 bridgehead atoms. The topological polar surface area (TPSA) is 71.7 Å². The van der Waals surface area contributed by atoms with E-state index in [4.69, 9.17) is 27.6 Å². The molecule has 3 aromatic rings. The maximum absolute atomic E-state index is 12.3. The molecule has 2 heterocycles. The average molecular weight is 417 g/mol. The van der Waals surface area contributed by atoms with Gasteiger partial charge in [-0.2, -0.15) is 0 Å². The summed E-state index contributed by atoms with van der Waals surface area (Å²) in [6.07, 6.45) is 1.74. The predicted octanol–water partition coefficient (Wildman–Crippen LogP) is 4.99. The standard InChI is InChI=1S/C19H10Cl2N2O3S/c20-12-2-1-3-13(21)17(12)22-19-23-18(25)15(27-19)9-10-4-6-14-11(8-10)5-7-16(24)26-14/h1-9H,(H,22,23,25)/b15-9+. The van der Waals surface area contributed by atoms with Crippen LogP contribution in [0, 0.1) is 0 Å². The molecule has 1 amide bonds. The van der Waals surface area contributed by atoms with Crippen molar-refractivity contribution in [2.75, 3.05) is 0 Å². The summed E-state index contributed by atoms with van der Waals surface area (Å²) in [5.41, 5.74) is 1.29. The van der Waals surface area contributed by atoms with Gasteiger partial charge in [-0.25, -0.2) is 9.79 Å². The summed E-state index contributed by atoms with van der Waals surface area (Å²) in [6.45, 7) is 0. The van der Waals surface area contributed by atoms with E-state index in [9.17, 15) is 9.59 Å². The van der Waals surface area contributed by atoms with Crippen LogP contribution >= 0.6 is 35.0 Å². The number of benzene rings is 2. The molecule has 1 aliphatic heterocycles. The molecule has 0 atom stereocenters. The molecule has 4 rings (SSSR count). The number of amides is 1. The number of nitrogens with zero attached hydrogens (tertiary/aromatic N) is 1. The average Bonchev–Trinajstić information content (AvgIpc) is 2.98. The minimum atomic E-state index is -0.404. The van der Waals surface area contributed by atoms with Crippen LogP contribution in [0.25, 0.3) is 17.0 Å². The molecule has 1 aromatic heterocycles. The summed E-state index contributed by atoms with van der Waals surface area (Å²) in [4.78, 5) is 28.3. The second-order valence-electron chi connectivity index (χ2n) is 5.60. The quantitative estimate of drug-likeness (QED) is 0.471. The van der Waals surface area contributed by atoms with Gasteiger partial charge < -0.3 is 9.73 Å². The first kappa shape index (κ1) is 17.9. The van der Waals surface area contributed by atoms with E-state index in [0.717, 1.165) is 10.9 Å². The molecular formula is C19H10Cl2N2O3S. The number of amidine groups is 1. The monoisotopic (exact) mass is 416 g/mol. The number of para-hydroxylation sites is 1. The molecule has 27 heavy (non-hydrogen) atoms. The number of carbonyl (C=O) groups excluding carboxylic acids is 1. The van der Waals surface area contributed by atoms with Gasteiger partial charge in [0.05, 0.1) is 15.0 Å². The van der Waals surface area contributed by atoms with Crippen LogP contribution in [0.4, 0.5) is 5.69 Å². The number of halogens is 2. The second-order valence-corrected chi connectivity index (χ2v) is 7.45. The summed E-state index contributed by atoms with van der Waals surface area (Å²) in [6, 6.07) is 13.4. The fraction of sp³-hybridized carbons (Fsp3) is 0. The lowest BCUT2D eigenvalue weighted by Gasteiger charge is -2.01. The molecule has 1 fully saturated rings. The number of carbonyl (C=O) groups is 1. The van der Waals surface area contributed by atoms with Crippen LogP contribution in [0.5, 0.6) is 0 Å². The Morgan fingerprint density at radius 1 is 1.04 bits per heavy atom. The largest absolute Gasteiger partial charge is 0.423 e. The third kappa shape index (κ3) is 3.78. The smallest absolute Gasteiger partial charge is 0.336 e. The van der Waals surface area contributed by atoms with Crippen molar-refractivity contribution in [2.45, 2.75) is 0 Å². The molecule has 0 radical (unpaired) electrons. The second kappa shape index (κ2) is 7.23. The van der Waals surface area contributed by atoms with Crippen molar-refractivity contribution >= 4 is 68.8 Å². The molecule has 5 nitrogen and oxygen atoms in total. The first-order chi connectivity index (χ1) is 13.0. The number of hydrogen-bond donors (Lipinski definition) is 1. The third-order valence-electron chi connectivity index (χ3n) is 3.74. The van der Waals surface area contributed by atoms with Crippen molar-refractivity contribution < 1.29 is 9.21 Å². The lowest BCUT2D eigenvalue weighted by Crippen LogP contribution is -2.19. The van der Waals surface area contributed by atoms with Crippen molar-refractivity contribution in [1.82, 2.24) is 5.32 Å². The highest BCUT2D eigenvalue weighted by molar-refractivity contribution is 8.18. The van der Waals surface area contributed by atoms with Gasteiger partial charge in [-0.3, -0.25) is 4.79 Å². The van der Waals surface area contributed by atoms with Gasteiger partial charge in [-0.05, 0) is 53.7 Å². The number of nitrogens with one attached hydrogen (secondary N) is 1. The van der Waals surface area contributed by atoms with Crippen LogP contribution in [-0.4, -0.2) is 11.1 Å². The number of fused-ring (bicyclic) bond motifs is 1. The zero-order valence-electron chi connectivity index (χ0n) is 13.5. The lowest BCUT2D eigenvalue weighted by atomic mass is 10.1. The maximum Gasteiger partial charge on any atom is 0.336 e. The molecule has 2 aromatic carbocycles. The van der Waals surface area contributed by atoms with Crippen molar-refractivity contribution in [3.8, 4) is 0 Å². The van der Waals surface area contributed by atoms with Gasteiger partial charge in [-0.1, -0.05) is 35.3 Å². The zero-order chi connectivity index (χ0) is 19.0. The Labute approximate surface area is 167 Å². The van der Waals surface area contributed by atoms with E-state index in [2.05, 4.69) is 10.3 Å². The molecule has 8 heteroatoms. The Bertz CT molecular complexity index is 1180. The number of hydrogen-bond acceptors (Lipinski definition) is 5. The fourth-order valence-corrected chi connectivity index (χ4v) is 3.82. The molecule has 1 saturated heterocycles. The number of aliphatic imine (C=N–C) groups is 1. The van der Waals surface area contributed by atoms with E-state index < -0.39 is 5.63 Å². The van der Waals surface area contributed by atoms with Crippen molar-refractivity contribution in [2.24, 2.45) is 4.99 Å². The van der Waals surface area contributed by atoms with Crippen molar-refractivity contribution in [3.05, 3.63) is 79.5 Å². The van der Waals surface area contributed by atoms with Gasteiger partial charge in [0, 0.05) is 11.5 Å². The zero-order valence-corrected chi connectivity index (χ0v) is 15.9.